The van der Waals surface area contributed by atoms with Crippen molar-refractivity contribution in [3.05, 3.63) is 83.2 Å². The van der Waals surface area contributed by atoms with Crippen molar-refractivity contribution in [3.63, 3.8) is 0 Å². The molecule has 3 aliphatic rings. The van der Waals surface area contributed by atoms with E-state index in [1.165, 1.54) is 0 Å². The average molecular weight is 370 g/mol. The second kappa shape index (κ2) is 6.79. The number of para-hydroxylation sites is 2. The van der Waals surface area contributed by atoms with E-state index < -0.39 is 0 Å². The summed E-state index contributed by atoms with van der Waals surface area (Å²) in [7, 11) is 0. The molecule has 4 nitrogen and oxygen atoms in total. The minimum atomic E-state index is -0.0376. The summed E-state index contributed by atoms with van der Waals surface area (Å²) in [6.07, 6.45) is 8.31. The summed E-state index contributed by atoms with van der Waals surface area (Å²) in [5.41, 5.74) is 4.32. The number of benzene rings is 2. The number of anilines is 2. The summed E-state index contributed by atoms with van der Waals surface area (Å²) >= 11 is 0. The van der Waals surface area contributed by atoms with E-state index in [1.807, 2.05) is 48.5 Å². The van der Waals surface area contributed by atoms with Crippen molar-refractivity contribution in [2.24, 2.45) is 0 Å². The van der Waals surface area contributed by atoms with Crippen molar-refractivity contribution in [1.29, 1.82) is 0 Å². The maximum Gasteiger partial charge on any atom is 0.213 e. The van der Waals surface area contributed by atoms with Crippen LogP contribution in [0.1, 0.15) is 46.4 Å². The number of carbonyl (C=O) groups excluding carboxylic acids is 2. The Balaban J connectivity index is 1.72. The van der Waals surface area contributed by atoms with Crippen LogP contribution < -0.4 is 9.80 Å². The highest BCUT2D eigenvalue weighted by Gasteiger charge is 2.42. The summed E-state index contributed by atoms with van der Waals surface area (Å²) in [6.45, 7) is 1.45. The van der Waals surface area contributed by atoms with Crippen LogP contribution in [0.3, 0.4) is 0 Å². The van der Waals surface area contributed by atoms with Gasteiger partial charge in [-0.25, -0.2) is 0 Å². The predicted octanol–water partition coefficient (Wildman–Crippen LogP) is 4.73. The van der Waals surface area contributed by atoms with Crippen LogP contribution in [-0.2, 0) is 0 Å². The quantitative estimate of drug-likeness (QED) is 0.629. The Morgan fingerprint density at radius 2 is 1.04 bits per heavy atom. The predicted molar refractivity (Wildman–Crippen MR) is 111 cm³/mol. The van der Waals surface area contributed by atoms with Gasteiger partial charge in [0.1, 0.15) is 11.4 Å². The molecule has 0 N–H and O–H groups in total. The van der Waals surface area contributed by atoms with Gasteiger partial charge in [-0.1, -0.05) is 36.4 Å². The van der Waals surface area contributed by atoms with Gasteiger partial charge < -0.3 is 9.80 Å². The molecule has 0 saturated heterocycles. The van der Waals surface area contributed by atoms with E-state index in [2.05, 4.69) is 22.0 Å². The monoisotopic (exact) mass is 370 g/mol. The number of fused-ring (bicyclic) bond motifs is 6. The zero-order valence-corrected chi connectivity index (χ0v) is 15.7. The highest BCUT2D eigenvalue weighted by Crippen LogP contribution is 2.42. The second-order valence-corrected chi connectivity index (χ2v) is 7.45. The lowest BCUT2D eigenvalue weighted by atomic mass is 10.1. The van der Waals surface area contributed by atoms with Crippen LogP contribution in [0.4, 0.5) is 11.4 Å². The normalized spacial score (nSPS) is 22.7. The van der Waals surface area contributed by atoms with Gasteiger partial charge in [-0.2, -0.15) is 0 Å². The molecule has 4 heteroatoms. The third-order valence-electron chi connectivity index (χ3n) is 5.74. The highest BCUT2D eigenvalue weighted by atomic mass is 16.1. The van der Waals surface area contributed by atoms with E-state index in [9.17, 15) is 9.59 Å². The van der Waals surface area contributed by atoms with Crippen molar-refractivity contribution < 1.29 is 9.59 Å². The lowest BCUT2D eigenvalue weighted by Crippen LogP contribution is -2.31. The first kappa shape index (κ1) is 17.0. The number of hydrogen-bond donors (Lipinski definition) is 0. The molecular formula is C24H22N2O2. The molecule has 3 aliphatic heterocycles. The second-order valence-electron chi connectivity index (χ2n) is 7.45. The Morgan fingerprint density at radius 3 is 1.50 bits per heavy atom. The van der Waals surface area contributed by atoms with Gasteiger partial charge in [0.2, 0.25) is 11.6 Å². The molecule has 0 radical (unpaired) electrons. The van der Waals surface area contributed by atoms with E-state index in [-0.39, 0.29) is 11.6 Å². The van der Waals surface area contributed by atoms with Crippen LogP contribution in [0, 0.1) is 0 Å². The number of hydrogen-bond acceptors (Lipinski definition) is 4. The summed E-state index contributed by atoms with van der Waals surface area (Å²) < 4.78 is 0. The molecule has 140 valence electrons. The molecule has 0 fully saturated rings. The number of nitrogens with zero attached hydrogens (tertiary/aromatic N) is 2. The van der Waals surface area contributed by atoms with Gasteiger partial charge in [0.15, 0.2) is 0 Å². The molecule has 0 atom stereocenters. The SMILES string of the molecule is O=C1/C2=C3/C(=O)c4ccccc4N3CCC/C=C/CCCN2c2ccccc21. The molecule has 0 aliphatic carbocycles. The topological polar surface area (TPSA) is 40.6 Å². The van der Waals surface area contributed by atoms with Crippen molar-refractivity contribution in [1.82, 2.24) is 0 Å². The standard InChI is InChI=1S/C24H22N2O2/c27-23-17-11-5-7-13-19(17)25-15-9-3-1-2-4-10-16-26-20-14-8-6-12-18(20)24(28)22(26)21(23)25/h1-2,5-8,11-14H,3-4,9-10,15-16H2/b2-1+,22-21+. The first-order chi connectivity index (χ1) is 13.8. The molecule has 28 heavy (non-hydrogen) atoms. The fourth-order valence-electron chi connectivity index (χ4n) is 4.45. The Hall–Kier alpha value is -3.14. The smallest absolute Gasteiger partial charge is 0.213 e. The van der Waals surface area contributed by atoms with Crippen molar-refractivity contribution in [2.75, 3.05) is 22.9 Å². The van der Waals surface area contributed by atoms with E-state index >= 15 is 0 Å². The van der Waals surface area contributed by atoms with Crippen LogP contribution >= 0.6 is 0 Å². The van der Waals surface area contributed by atoms with E-state index in [0.29, 0.717) is 22.5 Å². The van der Waals surface area contributed by atoms with Gasteiger partial charge in [-0.3, -0.25) is 9.59 Å². The maximum atomic E-state index is 13.4. The van der Waals surface area contributed by atoms with Gasteiger partial charge in [0.25, 0.3) is 0 Å². The van der Waals surface area contributed by atoms with Crippen LogP contribution in [0.25, 0.3) is 0 Å². The number of carbonyl (C=O) groups is 2. The summed E-state index contributed by atoms with van der Waals surface area (Å²) in [5.74, 6) is -0.0753. The molecule has 0 bridgehead atoms. The summed E-state index contributed by atoms with van der Waals surface area (Å²) in [5, 5.41) is 0. The molecule has 0 saturated carbocycles. The summed E-state index contributed by atoms with van der Waals surface area (Å²) in [6, 6.07) is 15.4. The van der Waals surface area contributed by atoms with Crippen molar-refractivity contribution in [3.8, 4) is 0 Å². The zero-order valence-electron chi connectivity index (χ0n) is 15.7. The molecule has 0 aromatic heterocycles. The van der Waals surface area contributed by atoms with Crippen molar-refractivity contribution in [2.45, 2.75) is 25.7 Å². The maximum absolute atomic E-state index is 13.4. The van der Waals surface area contributed by atoms with Crippen LogP contribution in [0.5, 0.6) is 0 Å². The lowest BCUT2D eigenvalue weighted by molar-refractivity contribution is 0.100. The van der Waals surface area contributed by atoms with Crippen LogP contribution in [0.15, 0.2) is 72.1 Å². The molecule has 2 aromatic carbocycles. The highest BCUT2D eigenvalue weighted by molar-refractivity contribution is 6.28. The Morgan fingerprint density at radius 1 is 0.607 bits per heavy atom. The molecule has 0 unspecified atom stereocenters. The van der Waals surface area contributed by atoms with Gasteiger partial charge in [0.05, 0.1) is 11.4 Å². The molecular weight excluding hydrogens is 348 g/mol. The number of Topliss-reactive ketones (excluding diaryl/α,β-unsaturated/α-hetero) is 2. The Bertz CT molecular complexity index is 953. The zero-order chi connectivity index (χ0) is 19.1. The van der Waals surface area contributed by atoms with Gasteiger partial charge in [-0.15, -0.1) is 0 Å². The van der Waals surface area contributed by atoms with E-state index in [1.54, 1.807) is 0 Å². The lowest BCUT2D eigenvalue weighted by Gasteiger charge is -2.26. The van der Waals surface area contributed by atoms with Gasteiger partial charge >= 0.3 is 0 Å². The third kappa shape index (κ3) is 2.52. The van der Waals surface area contributed by atoms with Gasteiger partial charge in [-0.05, 0) is 49.9 Å². The molecule has 0 amide bonds. The first-order valence-electron chi connectivity index (χ1n) is 9.99. The minimum absolute atomic E-state index is 0.0376. The largest absolute Gasteiger partial charge is 0.336 e. The Labute approximate surface area is 164 Å². The fraction of sp³-hybridized carbons (Fsp3) is 0.250. The minimum Gasteiger partial charge on any atom is -0.336 e. The molecule has 3 heterocycles. The summed E-state index contributed by atoms with van der Waals surface area (Å²) in [4.78, 5) is 30.9. The van der Waals surface area contributed by atoms with Crippen molar-refractivity contribution >= 4 is 22.9 Å². The van der Waals surface area contributed by atoms with Gasteiger partial charge in [0, 0.05) is 24.2 Å². The average Bonchev–Trinajstić information content (AvgIpc) is 3.14. The van der Waals surface area contributed by atoms with E-state index in [4.69, 9.17) is 0 Å². The van der Waals surface area contributed by atoms with Crippen LogP contribution in [0.2, 0.25) is 0 Å². The molecule has 5 rings (SSSR count). The van der Waals surface area contributed by atoms with E-state index in [0.717, 1.165) is 50.1 Å². The fourth-order valence-corrected chi connectivity index (χ4v) is 4.45. The molecule has 0 spiro atoms. The Kier molecular flexibility index (Phi) is 4.12. The first-order valence-corrected chi connectivity index (χ1v) is 9.99. The number of rotatable bonds is 0. The molecule has 2 aromatic rings. The third-order valence-corrected chi connectivity index (χ3v) is 5.74. The number of ketones is 2. The number of allylic oxidation sites excluding steroid dienone is 4. The van der Waals surface area contributed by atoms with Crippen LogP contribution in [-0.4, -0.2) is 24.7 Å².